The highest BCUT2D eigenvalue weighted by atomic mass is 79.9. The molecule has 3 nitrogen and oxygen atoms in total. The lowest BCUT2D eigenvalue weighted by Crippen LogP contribution is -2.19. The number of hydrogen-bond donors (Lipinski definition) is 1. The van der Waals surface area contributed by atoms with Crippen molar-refractivity contribution in [1.82, 2.24) is 0 Å². The molecule has 0 saturated heterocycles. The Hall–Kier alpha value is -1.34. The third-order valence-electron chi connectivity index (χ3n) is 2.29. The minimum atomic E-state index is -0.635. The maximum absolute atomic E-state index is 11.5. The van der Waals surface area contributed by atoms with Crippen LogP contribution in [0.4, 0.5) is 5.69 Å². The molecule has 1 amide bonds. The minimum absolute atomic E-state index is 0.274. The van der Waals surface area contributed by atoms with Crippen LogP contribution in [0.3, 0.4) is 0 Å². The van der Waals surface area contributed by atoms with Gasteiger partial charge < -0.3 is 5.32 Å². The van der Waals surface area contributed by atoms with E-state index in [2.05, 4.69) is 21.2 Å². The largest absolute Gasteiger partial charge is 0.325 e. The quantitative estimate of drug-likeness (QED) is 0.905. The van der Waals surface area contributed by atoms with E-state index in [0.717, 1.165) is 21.3 Å². The van der Waals surface area contributed by atoms with Crippen LogP contribution in [-0.4, -0.2) is 5.91 Å². The van der Waals surface area contributed by atoms with Crippen LogP contribution in [0.5, 0.6) is 0 Å². The zero-order valence-corrected chi connectivity index (χ0v) is 11.1. The molecule has 1 N–H and O–H groups in total. The Morgan fingerprint density at radius 3 is 2.38 bits per heavy atom. The van der Waals surface area contributed by atoms with E-state index in [-0.39, 0.29) is 5.91 Å². The Balaban J connectivity index is 2.92. The molecule has 0 radical (unpaired) electrons. The molecule has 1 aromatic rings. The fourth-order valence-electron chi connectivity index (χ4n) is 1.33. The molecule has 0 saturated carbocycles. The lowest BCUT2D eigenvalue weighted by Gasteiger charge is -2.10. The molecule has 0 aliphatic rings. The Bertz CT molecular complexity index is 440. The second-order valence-corrected chi connectivity index (χ2v) is 4.56. The topological polar surface area (TPSA) is 52.9 Å². The van der Waals surface area contributed by atoms with Crippen molar-refractivity contribution >= 4 is 27.5 Å². The third kappa shape index (κ3) is 2.83. The molecular formula is C12H13BrN2O. The molecule has 1 aromatic carbocycles. The second kappa shape index (κ2) is 5.13. The van der Waals surface area contributed by atoms with E-state index in [1.807, 2.05) is 32.0 Å². The Morgan fingerprint density at radius 1 is 1.44 bits per heavy atom. The SMILES string of the molecule is Cc1cc(NC(=O)C(C)C#N)cc(C)c1Br. The summed E-state index contributed by atoms with van der Waals surface area (Å²) >= 11 is 3.46. The molecule has 0 heterocycles. The average Bonchev–Trinajstić information content (AvgIpc) is 2.24. The maximum atomic E-state index is 11.5. The highest BCUT2D eigenvalue weighted by Crippen LogP contribution is 2.25. The van der Waals surface area contributed by atoms with Gasteiger partial charge in [-0.25, -0.2) is 0 Å². The van der Waals surface area contributed by atoms with Gasteiger partial charge in [0.05, 0.1) is 6.07 Å². The molecule has 1 rings (SSSR count). The lowest BCUT2D eigenvalue weighted by atomic mass is 10.1. The van der Waals surface area contributed by atoms with Crippen molar-refractivity contribution in [1.29, 1.82) is 5.26 Å². The summed E-state index contributed by atoms with van der Waals surface area (Å²) in [6, 6.07) is 5.65. The van der Waals surface area contributed by atoms with E-state index in [4.69, 9.17) is 5.26 Å². The first-order chi connectivity index (χ1) is 7.45. The first kappa shape index (κ1) is 12.7. The van der Waals surface area contributed by atoms with Gasteiger partial charge in [0.1, 0.15) is 5.92 Å². The van der Waals surface area contributed by atoms with Crippen LogP contribution in [0.15, 0.2) is 16.6 Å². The van der Waals surface area contributed by atoms with Gasteiger partial charge in [0.15, 0.2) is 0 Å². The minimum Gasteiger partial charge on any atom is -0.325 e. The molecular weight excluding hydrogens is 268 g/mol. The van der Waals surface area contributed by atoms with Crippen LogP contribution in [0, 0.1) is 31.1 Å². The predicted octanol–water partition coefficient (Wildman–Crippen LogP) is 3.16. The number of aryl methyl sites for hydroxylation is 2. The number of nitrogens with one attached hydrogen (secondary N) is 1. The summed E-state index contributed by atoms with van der Waals surface area (Å²) in [5.41, 5.74) is 2.84. The number of anilines is 1. The Kier molecular flexibility index (Phi) is 4.08. The van der Waals surface area contributed by atoms with Crippen LogP contribution in [0.1, 0.15) is 18.1 Å². The molecule has 0 bridgehead atoms. The number of carbonyl (C=O) groups excluding carboxylic acids is 1. The molecule has 4 heteroatoms. The molecule has 0 fully saturated rings. The van der Waals surface area contributed by atoms with Gasteiger partial charge in [-0.2, -0.15) is 5.26 Å². The zero-order chi connectivity index (χ0) is 12.3. The van der Waals surface area contributed by atoms with E-state index >= 15 is 0 Å². The number of rotatable bonds is 2. The maximum Gasteiger partial charge on any atom is 0.241 e. The summed E-state index contributed by atoms with van der Waals surface area (Å²) in [5, 5.41) is 11.3. The van der Waals surface area contributed by atoms with Crippen LogP contribution < -0.4 is 5.32 Å². The summed E-state index contributed by atoms with van der Waals surface area (Å²) in [6.07, 6.45) is 0. The molecule has 84 valence electrons. The number of amides is 1. The summed E-state index contributed by atoms with van der Waals surface area (Å²) in [5.74, 6) is -0.909. The van der Waals surface area contributed by atoms with Crippen molar-refractivity contribution in [3.63, 3.8) is 0 Å². The number of carbonyl (C=O) groups is 1. The van der Waals surface area contributed by atoms with E-state index in [9.17, 15) is 4.79 Å². The summed E-state index contributed by atoms with van der Waals surface area (Å²) in [7, 11) is 0. The lowest BCUT2D eigenvalue weighted by molar-refractivity contribution is -0.117. The fourth-order valence-corrected chi connectivity index (χ4v) is 1.56. The zero-order valence-electron chi connectivity index (χ0n) is 9.47. The van der Waals surface area contributed by atoms with Gasteiger partial charge in [-0.1, -0.05) is 15.9 Å². The Morgan fingerprint density at radius 2 is 1.94 bits per heavy atom. The molecule has 1 unspecified atom stereocenters. The normalized spacial score (nSPS) is 11.7. The van der Waals surface area contributed by atoms with E-state index in [1.54, 1.807) is 6.92 Å². The van der Waals surface area contributed by atoms with Crippen molar-refractivity contribution in [2.24, 2.45) is 5.92 Å². The summed E-state index contributed by atoms with van der Waals surface area (Å²) in [4.78, 5) is 11.5. The summed E-state index contributed by atoms with van der Waals surface area (Å²) < 4.78 is 1.04. The van der Waals surface area contributed by atoms with Gasteiger partial charge in [0, 0.05) is 10.2 Å². The molecule has 16 heavy (non-hydrogen) atoms. The van der Waals surface area contributed by atoms with Gasteiger partial charge in [0.2, 0.25) is 5.91 Å². The van der Waals surface area contributed by atoms with Crippen LogP contribution >= 0.6 is 15.9 Å². The first-order valence-corrected chi connectivity index (χ1v) is 5.72. The molecule has 0 spiro atoms. The van der Waals surface area contributed by atoms with Crippen LogP contribution in [0.2, 0.25) is 0 Å². The van der Waals surface area contributed by atoms with Gasteiger partial charge in [-0.05, 0) is 44.0 Å². The van der Waals surface area contributed by atoms with E-state index < -0.39 is 5.92 Å². The number of hydrogen-bond acceptors (Lipinski definition) is 2. The number of nitriles is 1. The smallest absolute Gasteiger partial charge is 0.241 e. The van der Waals surface area contributed by atoms with Gasteiger partial charge in [-0.3, -0.25) is 4.79 Å². The summed E-state index contributed by atoms with van der Waals surface area (Å²) in [6.45, 7) is 5.49. The third-order valence-corrected chi connectivity index (χ3v) is 3.54. The fraction of sp³-hybridized carbons (Fsp3) is 0.333. The van der Waals surface area contributed by atoms with Gasteiger partial charge >= 0.3 is 0 Å². The van der Waals surface area contributed by atoms with Gasteiger partial charge in [0.25, 0.3) is 0 Å². The van der Waals surface area contributed by atoms with Crippen molar-refractivity contribution in [3.8, 4) is 6.07 Å². The number of benzene rings is 1. The molecule has 0 aliphatic carbocycles. The van der Waals surface area contributed by atoms with Gasteiger partial charge in [-0.15, -0.1) is 0 Å². The number of nitrogens with zero attached hydrogens (tertiary/aromatic N) is 1. The highest BCUT2D eigenvalue weighted by Gasteiger charge is 2.12. The van der Waals surface area contributed by atoms with Crippen LogP contribution in [-0.2, 0) is 4.79 Å². The average molecular weight is 281 g/mol. The highest BCUT2D eigenvalue weighted by molar-refractivity contribution is 9.10. The monoisotopic (exact) mass is 280 g/mol. The van der Waals surface area contributed by atoms with Crippen LogP contribution in [0.25, 0.3) is 0 Å². The first-order valence-electron chi connectivity index (χ1n) is 4.93. The molecule has 1 atom stereocenters. The standard InChI is InChI=1S/C12H13BrN2O/c1-7-4-10(5-8(2)11(7)13)15-12(16)9(3)6-14/h4-5,9H,1-3H3,(H,15,16). The second-order valence-electron chi connectivity index (χ2n) is 3.76. The van der Waals surface area contributed by atoms with Crippen molar-refractivity contribution < 1.29 is 4.79 Å². The molecule has 0 aromatic heterocycles. The molecule has 0 aliphatic heterocycles. The van der Waals surface area contributed by atoms with Crippen molar-refractivity contribution in [3.05, 3.63) is 27.7 Å². The van der Waals surface area contributed by atoms with Crippen molar-refractivity contribution in [2.75, 3.05) is 5.32 Å². The van der Waals surface area contributed by atoms with E-state index in [1.165, 1.54) is 0 Å². The van der Waals surface area contributed by atoms with Crippen molar-refractivity contribution in [2.45, 2.75) is 20.8 Å². The van der Waals surface area contributed by atoms with E-state index in [0.29, 0.717) is 0 Å². The number of halogens is 1. The Labute approximate surface area is 104 Å². The predicted molar refractivity (Wildman–Crippen MR) is 67.0 cm³/mol.